The molecule has 8 aromatic carbocycles. The molecule has 0 bridgehead atoms. The summed E-state index contributed by atoms with van der Waals surface area (Å²) in [6.07, 6.45) is 0. The fourth-order valence-electron chi connectivity index (χ4n) is 7.73. The molecule has 3 heterocycles. The molecule has 3 nitrogen and oxygen atoms in total. The van der Waals surface area contributed by atoms with Crippen molar-refractivity contribution in [2.75, 3.05) is 0 Å². The summed E-state index contributed by atoms with van der Waals surface area (Å²) in [5.74, 6) is 0.839. The van der Waals surface area contributed by atoms with Crippen LogP contribution in [0.2, 0.25) is 0 Å². The van der Waals surface area contributed by atoms with Crippen molar-refractivity contribution in [1.82, 2.24) is 14.5 Å². The molecule has 0 spiro atoms. The molecular weight excluding hydrogens is 603 g/mol. The molecule has 0 aliphatic heterocycles. The molecule has 4 heteroatoms. The van der Waals surface area contributed by atoms with Crippen molar-refractivity contribution >= 4 is 96.7 Å². The largest absolute Gasteiger partial charge is 0.292 e. The van der Waals surface area contributed by atoms with Crippen molar-refractivity contribution in [3.8, 4) is 17.1 Å². The lowest BCUT2D eigenvalue weighted by atomic mass is 9.95. The van der Waals surface area contributed by atoms with Crippen LogP contribution >= 0.6 is 11.3 Å². The molecule has 3 aromatic heterocycles. The van der Waals surface area contributed by atoms with E-state index in [2.05, 4.69) is 144 Å². The summed E-state index contributed by atoms with van der Waals surface area (Å²) in [5.41, 5.74) is 5.94. The van der Waals surface area contributed by atoms with E-state index >= 15 is 0 Å². The van der Waals surface area contributed by atoms with Crippen LogP contribution < -0.4 is 0 Å². The number of hydrogen-bond acceptors (Lipinski definition) is 3. The number of hydrogen-bond donors (Lipinski definition) is 0. The Hall–Kier alpha value is -6.10. The van der Waals surface area contributed by atoms with Gasteiger partial charge in [0.2, 0.25) is 0 Å². The van der Waals surface area contributed by atoms with Crippen molar-refractivity contribution in [3.05, 3.63) is 152 Å². The van der Waals surface area contributed by atoms with E-state index in [0.29, 0.717) is 0 Å². The Balaban J connectivity index is 1.26. The van der Waals surface area contributed by atoms with Crippen molar-refractivity contribution in [2.24, 2.45) is 0 Å². The average Bonchev–Trinajstić information content (AvgIpc) is 3.68. The Morgan fingerprint density at radius 1 is 0.417 bits per heavy atom. The van der Waals surface area contributed by atoms with E-state index in [1.807, 2.05) is 23.5 Å². The number of thiophene rings is 1. The molecular formula is C44H25N3S. The first-order valence-electron chi connectivity index (χ1n) is 16.2. The van der Waals surface area contributed by atoms with Gasteiger partial charge in [0.05, 0.1) is 22.1 Å². The highest BCUT2D eigenvalue weighted by Crippen LogP contribution is 2.42. The summed E-state index contributed by atoms with van der Waals surface area (Å²) in [7, 11) is 0. The summed E-state index contributed by atoms with van der Waals surface area (Å²) < 4.78 is 4.88. The number of benzene rings is 8. The monoisotopic (exact) mass is 627 g/mol. The molecule has 0 amide bonds. The normalized spacial score (nSPS) is 12.2. The summed E-state index contributed by atoms with van der Waals surface area (Å²) >= 11 is 1.83. The van der Waals surface area contributed by atoms with E-state index in [9.17, 15) is 0 Å². The van der Waals surface area contributed by atoms with E-state index in [-0.39, 0.29) is 0 Å². The van der Waals surface area contributed by atoms with Crippen LogP contribution in [-0.4, -0.2) is 14.5 Å². The highest BCUT2D eigenvalue weighted by Gasteiger charge is 2.21. The summed E-state index contributed by atoms with van der Waals surface area (Å²) in [5, 5.41) is 12.5. The van der Waals surface area contributed by atoms with Gasteiger partial charge in [0.15, 0.2) is 5.82 Å². The first-order chi connectivity index (χ1) is 23.8. The first kappa shape index (κ1) is 26.0. The molecule has 11 rings (SSSR count). The number of para-hydroxylation sites is 3. The van der Waals surface area contributed by atoms with Crippen LogP contribution in [-0.2, 0) is 0 Å². The van der Waals surface area contributed by atoms with Crippen LogP contribution in [0.15, 0.2) is 152 Å². The highest BCUT2D eigenvalue weighted by molar-refractivity contribution is 7.25. The maximum Gasteiger partial charge on any atom is 0.165 e. The molecule has 0 N–H and O–H groups in total. The van der Waals surface area contributed by atoms with Crippen LogP contribution in [0.1, 0.15) is 0 Å². The van der Waals surface area contributed by atoms with Gasteiger partial charge in [0.25, 0.3) is 0 Å². The van der Waals surface area contributed by atoms with E-state index < -0.39 is 0 Å². The predicted molar refractivity (Wildman–Crippen MR) is 205 cm³/mol. The smallest absolute Gasteiger partial charge is 0.165 e. The van der Waals surface area contributed by atoms with E-state index in [1.165, 1.54) is 63.3 Å². The molecule has 48 heavy (non-hydrogen) atoms. The van der Waals surface area contributed by atoms with Gasteiger partial charge in [-0.25, -0.2) is 9.97 Å². The van der Waals surface area contributed by atoms with E-state index in [4.69, 9.17) is 9.97 Å². The SMILES string of the molecule is c1ccc2c(c1)ccc1ccc3cc4c(cc3c12)c1ccccc1n4-c1nc2ccccc2nc1-c1ccc2c(c1)sc1ccccc12. The average molecular weight is 628 g/mol. The molecule has 0 fully saturated rings. The van der Waals surface area contributed by atoms with Crippen molar-refractivity contribution in [3.63, 3.8) is 0 Å². The number of nitrogens with zero attached hydrogens (tertiary/aromatic N) is 3. The van der Waals surface area contributed by atoms with Crippen molar-refractivity contribution < 1.29 is 0 Å². The van der Waals surface area contributed by atoms with Crippen molar-refractivity contribution in [1.29, 1.82) is 0 Å². The zero-order valence-electron chi connectivity index (χ0n) is 25.7. The molecule has 0 aliphatic rings. The molecule has 11 aromatic rings. The Labute approximate surface area is 278 Å². The topological polar surface area (TPSA) is 30.7 Å². The molecule has 0 aliphatic carbocycles. The third-order valence-corrected chi connectivity index (χ3v) is 11.1. The zero-order valence-corrected chi connectivity index (χ0v) is 26.5. The van der Waals surface area contributed by atoms with Gasteiger partial charge in [-0.2, -0.15) is 0 Å². The van der Waals surface area contributed by atoms with Gasteiger partial charge in [-0.3, -0.25) is 4.57 Å². The van der Waals surface area contributed by atoms with E-state index in [1.54, 1.807) is 0 Å². The zero-order chi connectivity index (χ0) is 31.3. The van der Waals surface area contributed by atoms with Gasteiger partial charge in [-0.05, 0) is 74.8 Å². The van der Waals surface area contributed by atoms with Gasteiger partial charge in [0.1, 0.15) is 5.69 Å². The van der Waals surface area contributed by atoms with E-state index in [0.717, 1.165) is 39.1 Å². The minimum atomic E-state index is 0.839. The van der Waals surface area contributed by atoms with Crippen LogP contribution in [0.3, 0.4) is 0 Å². The molecule has 222 valence electrons. The maximum absolute atomic E-state index is 5.39. The quantitative estimate of drug-likeness (QED) is 0.179. The van der Waals surface area contributed by atoms with Gasteiger partial charge in [0, 0.05) is 36.5 Å². The fraction of sp³-hybridized carbons (Fsp3) is 0. The van der Waals surface area contributed by atoms with Crippen molar-refractivity contribution in [2.45, 2.75) is 0 Å². The predicted octanol–water partition coefficient (Wildman–Crippen LogP) is 12.2. The van der Waals surface area contributed by atoms with Crippen LogP contribution in [0.25, 0.3) is 102 Å². The minimum absolute atomic E-state index is 0.839. The summed E-state index contributed by atoms with van der Waals surface area (Å²) in [4.78, 5) is 10.7. The molecule has 0 saturated heterocycles. The Morgan fingerprint density at radius 2 is 1.10 bits per heavy atom. The Morgan fingerprint density at radius 3 is 2.00 bits per heavy atom. The van der Waals surface area contributed by atoms with Crippen LogP contribution in [0.5, 0.6) is 0 Å². The molecule has 0 saturated carbocycles. The third kappa shape index (κ3) is 3.63. The lowest BCUT2D eigenvalue weighted by molar-refractivity contribution is 1.08. The second-order valence-electron chi connectivity index (χ2n) is 12.6. The lowest BCUT2D eigenvalue weighted by Crippen LogP contribution is -2.03. The Kier molecular flexibility index (Phi) is 5.26. The lowest BCUT2D eigenvalue weighted by Gasteiger charge is -2.14. The number of rotatable bonds is 2. The standard InChI is InChI=1S/C44H25N3S/c1-2-10-30-26(9-1)17-18-27-19-20-28-23-39-35(25-34(28)42(27)30)31-11-3-7-15-38(31)47(39)44-43(45-36-13-5-6-14-37(36)46-44)29-21-22-33-32-12-4-8-16-40(32)48-41(33)24-29/h1-25H. The number of fused-ring (bicyclic) bond motifs is 12. The first-order valence-corrected chi connectivity index (χ1v) is 17.1. The second kappa shape index (κ2) is 9.71. The van der Waals surface area contributed by atoms with Crippen LogP contribution in [0, 0.1) is 0 Å². The molecule has 0 unspecified atom stereocenters. The van der Waals surface area contributed by atoms with Crippen LogP contribution in [0.4, 0.5) is 0 Å². The van der Waals surface area contributed by atoms with Gasteiger partial charge in [-0.1, -0.05) is 109 Å². The molecule has 0 atom stereocenters. The number of aromatic nitrogens is 3. The maximum atomic E-state index is 5.39. The van der Waals surface area contributed by atoms with Gasteiger partial charge >= 0.3 is 0 Å². The second-order valence-corrected chi connectivity index (χ2v) is 13.7. The minimum Gasteiger partial charge on any atom is -0.292 e. The summed E-state index contributed by atoms with van der Waals surface area (Å²) in [6, 6.07) is 54.7. The highest BCUT2D eigenvalue weighted by atomic mass is 32.1. The van der Waals surface area contributed by atoms with Gasteiger partial charge < -0.3 is 0 Å². The fourth-order valence-corrected chi connectivity index (χ4v) is 8.88. The molecule has 0 radical (unpaired) electrons. The Bertz CT molecular complexity index is 3130. The summed E-state index contributed by atoms with van der Waals surface area (Å²) in [6.45, 7) is 0. The third-order valence-electron chi connectivity index (χ3n) is 9.93. The van der Waals surface area contributed by atoms with Gasteiger partial charge in [-0.15, -0.1) is 11.3 Å².